The van der Waals surface area contributed by atoms with Gasteiger partial charge in [-0.2, -0.15) is 0 Å². The summed E-state index contributed by atoms with van der Waals surface area (Å²) in [6.07, 6.45) is 6.35. The summed E-state index contributed by atoms with van der Waals surface area (Å²) in [5, 5.41) is 0. The van der Waals surface area contributed by atoms with Crippen molar-refractivity contribution in [2.24, 2.45) is 0 Å². The van der Waals surface area contributed by atoms with Crippen molar-refractivity contribution in [1.82, 2.24) is 9.97 Å². The van der Waals surface area contributed by atoms with Crippen LogP contribution in [0.15, 0.2) is 61.2 Å². The molecule has 0 fully saturated rings. The molecule has 0 aliphatic rings. The highest BCUT2D eigenvalue weighted by atomic mass is 19.1. The lowest BCUT2D eigenvalue weighted by atomic mass is 9.96. The predicted octanol–water partition coefficient (Wildman–Crippen LogP) is 4.09. The largest absolute Gasteiger partial charge is 0.264 e. The van der Waals surface area contributed by atoms with E-state index in [0.717, 1.165) is 6.07 Å². The maximum Gasteiger partial charge on any atom is 0.134 e. The van der Waals surface area contributed by atoms with E-state index >= 15 is 0 Å². The second kappa shape index (κ2) is 5.17. The van der Waals surface area contributed by atoms with Crippen LogP contribution in [0, 0.1) is 11.6 Å². The third kappa shape index (κ3) is 2.28. The van der Waals surface area contributed by atoms with Crippen LogP contribution >= 0.6 is 0 Å². The van der Waals surface area contributed by atoms with E-state index < -0.39 is 11.6 Å². The Labute approximate surface area is 114 Å². The van der Waals surface area contributed by atoms with Crippen molar-refractivity contribution in [3.8, 4) is 22.3 Å². The maximum atomic E-state index is 14.2. The van der Waals surface area contributed by atoms with Crippen molar-refractivity contribution in [1.29, 1.82) is 0 Å². The maximum absolute atomic E-state index is 14.2. The SMILES string of the molecule is Fc1cc(F)c(-c2cccnc2)c(-c2cccnc2)c1. The van der Waals surface area contributed by atoms with Gasteiger partial charge in [-0.1, -0.05) is 12.1 Å². The summed E-state index contributed by atoms with van der Waals surface area (Å²) < 4.78 is 27.7. The molecular formula is C16H10F2N2. The summed E-state index contributed by atoms with van der Waals surface area (Å²) in [6.45, 7) is 0. The van der Waals surface area contributed by atoms with Crippen LogP contribution in [0.4, 0.5) is 8.78 Å². The molecule has 0 aliphatic carbocycles. The highest BCUT2D eigenvalue weighted by Crippen LogP contribution is 2.34. The quantitative estimate of drug-likeness (QED) is 0.699. The van der Waals surface area contributed by atoms with Crippen molar-refractivity contribution in [2.45, 2.75) is 0 Å². The van der Waals surface area contributed by atoms with Crippen LogP contribution in [0.1, 0.15) is 0 Å². The average Bonchev–Trinajstić information content (AvgIpc) is 2.48. The first kappa shape index (κ1) is 12.4. The minimum absolute atomic E-state index is 0.326. The van der Waals surface area contributed by atoms with Crippen molar-refractivity contribution >= 4 is 0 Å². The van der Waals surface area contributed by atoms with E-state index in [0.29, 0.717) is 22.3 Å². The summed E-state index contributed by atoms with van der Waals surface area (Å²) in [4.78, 5) is 7.98. The highest BCUT2D eigenvalue weighted by molar-refractivity contribution is 5.83. The number of hydrogen-bond acceptors (Lipinski definition) is 2. The molecule has 3 rings (SSSR count). The lowest BCUT2D eigenvalue weighted by Gasteiger charge is -2.11. The van der Waals surface area contributed by atoms with Gasteiger partial charge in [0.25, 0.3) is 0 Å². The summed E-state index contributed by atoms with van der Waals surface area (Å²) >= 11 is 0. The summed E-state index contributed by atoms with van der Waals surface area (Å²) in [5.74, 6) is -1.23. The fraction of sp³-hybridized carbons (Fsp3) is 0. The van der Waals surface area contributed by atoms with E-state index in [1.807, 2.05) is 0 Å². The molecule has 98 valence electrons. The Balaban J connectivity index is 2.29. The number of hydrogen-bond donors (Lipinski definition) is 0. The van der Waals surface area contributed by atoms with Gasteiger partial charge in [0.05, 0.1) is 0 Å². The first-order valence-corrected chi connectivity index (χ1v) is 6.05. The molecule has 0 spiro atoms. The summed E-state index contributed by atoms with van der Waals surface area (Å²) in [6, 6.07) is 9.13. The van der Waals surface area contributed by atoms with Crippen LogP contribution < -0.4 is 0 Å². The van der Waals surface area contributed by atoms with Crippen molar-refractivity contribution < 1.29 is 8.78 Å². The molecule has 2 aromatic heterocycles. The van der Waals surface area contributed by atoms with E-state index in [4.69, 9.17) is 0 Å². The molecule has 3 aromatic rings. The molecule has 20 heavy (non-hydrogen) atoms. The van der Waals surface area contributed by atoms with Crippen LogP contribution in [-0.4, -0.2) is 9.97 Å². The Morgan fingerprint density at radius 3 is 2.05 bits per heavy atom. The van der Waals surface area contributed by atoms with Gasteiger partial charge in [0.15, 0.2) is 0 Å². The van der Waals surface area contributed by atoms with Gasteiger partial charge in [-0.15, -0.1) is 0 Å². The lowest BCUT2D eigenvalue weighted by Crippen LogP contribution is -1.93. The van der Waals surface area contributed by atoms with Gasteiger partial charge >= 0.3 is 0 Å². The van der Waals surface area contributed by atoms with E-state index in [9.17, 15) is 8.78 Å². The molecule has 1 aromatic carbocycles. The summed E-state index contributed by atoms with van der Waals surface area (Å²) in [7, 11) is 0. The van der Waals surface area contributed by atoms with Gasteiger partial charge in [-0.3, -0.25) is 9.97 Å². The molecule has 0 radical (unpaired) electrons. The molecule has 4 heteroatoms. The number of halogens is 2. The van der Waals surface area contributed by atoms with Crippen molar-refractivity contribution in [3.05, 3.63) is 72.8 Å². The molecule has 0 saturated heterocycles. The molecule has 0 aliphatic heterocycles. The van der Waals surface area contributed by atoms with Gasteiger partial charge in [-0.25, -0.2) is 8.78 Å². The molecule has 0 N–H and O–H groups in total. The van der Waals surface area contributed by atoms with E-state index in [-0.39, 0.29) is 0 Å². The second-order valence-corrected chi connectivity index (χ2v) is 4.29. The summed E-state index contributed by atoms with van der Waals surface area (Å²) in [5.41, 5.74) is 2.05. The monoisotopic (exact) mass is 268 g/mol. The Hall–Kier alpha value is -2.62. The fourth-order valence-corrected chi connectivity index (χ4v) is 2.13. The van der Waals surface area contributed by atoms with Gasteiger partial charge < -0.3 is 0 Å². The van der Waals surface area contributed by atoms with Crippen molar-refractivity contribution in [2.75, 3.05) is 0 Å². The second-order valence-electron chi connectivity index (χ2n) is 4.29. The lowest BCUT2D eigenvalue weighted by molar-refractivity contribution is 0.586. The predicted molar refractivity (Wildman–Crippen MR) is 72.8 cm³/mol. The topological polar surface area (TPSA) is 25.8 Å². The third-order valence-electron chi connectivity index (χ3n) is 2.98. The van der Waals surface area contributed by atoms with Gasteiger partial charge in [0, 0.05) is 47.5 Å². The standard InChI is InChI=1S/C16H10F2N2/c17-13-7-14(11-3-1-5-19-9-11)16(15(18)8-13)12-4-2-6-20-10-12/h1-10H. The minimum Gasteiger partial charge on any atom is -0.264 e. The van der Waals surface area contributed by atoms with Gasteiger partial charge in [0.1, 0.15) is 11.6 Å². The zero-order valence-corrected chi connectivity index (χ0v) is 10.4. The molecule has 0 saturated carbocycles. The zero-order valence-electron chi connectivity index (χ0n) is 10.4. The Kier molecular flexibility index (Phi) is 3.21. The Bertz CT molecular complexity index is 728. The van der Waals surface area contributed by atoms with E-state index in [1.165, 1.54) is 6.07 Å². The van der Waals surface area contributed by atoms with E-state index in [2.05, 4.69) is 9.97 Å². The number of pyridine rings is 2. The fourth-order valence-electron chi connectivity index (χ4n) is 2.13. The van der Waals surface area contributed by atoms with Crippen LogP contribution in [0.5, 0.6) is 0 Å². The third-order valence-corrected chi connectivity index (χ3v) is 2.98. The molecule has 0 amide bonds. The van der Waals surface area contributed by atoms with E-state index in [1.54, 1.807) is 49.1 Å². The highest BCUT2D eigenvalue weighted by Gasteiger charge is 2.15. The average molecular weight is 268 g/mol. The van der Waals surface area contributed by atoms with Crippen LogP contribution in [0.3, 0.4) is 0 Å². The van der Waals surface area contributed by atoms with Crippen LogP contribution in [0.25, 0.3) is 22.3 Å². The Morgan fingerprint density at radius 2 is 1.45 bits per heavy atom. The molecular weight excluding hydrogens is 258 g/mol. The van der Waals surface area contributed by atoms with Gasteiger partial charge in [0.2, 0.25) is 0 Å². The number of rotatable bonds is 2. The van der Waals surface area contributed by atoms with Crippen LogP contribution in [0.2, 0.25) is 0 Å². The Morgan fingerprint density at radius 1 is 0.800 bits per heavy atom. The van der Waals surface area contributed by atoms with Gasteiger partial charge in [-0.05, 0) is 23.8 Å². The number of nitrogens with zero attached hydrogens (tertiary/aromatic N) is 2. The first-order chi connectivity index (χ1) is 9.75. The minimum atomic E-state index is -0.617. The normalized spacial score (nSPS) is 10.5. The first-order valence-electron chi connectivity index (χ1n) is 6.05. The van der Waals surface area contributed by atoms with Crippen LogP contribution in [-0.2, 0) is 0 Å². The molecule has 0 bridgehead atoms. The molecule has 0 unspecified atom stereocenters. The number of benzene rings is 1. The molecule has 2 heterocycles. The zero-order chi connectivity index (χ0) is 13.9. The molecule has 2 nitrogen and oxygen atoms in total. The van der Waals surface area contributed by atoms with Crippen molar-refractivity contribution in [3.63, 3.8) is 0 Å². The number of aromatic nitrogens is 2. The smallest absolute Gasteiger partial charge is 0.134 e. The molecule has 0 atom stereocenters.